The number of unbranched alkanes of at least 4 members (excludes halogenated alkanes) is 1. The lowest BCUT2D eigenvalue weighted by molar-refractivity contribution is 0.0511. The van der Waals surface area contributed by atoms with Gasteiger partial charge in [-0.2, -0.15) is 0 Å². The van der Waals surface area contributed by atoms with Crippen LogP contribution in [0.15, 0.2) is 42.7 Å². The highest BCUT2D eigenvalue weighted by atomic mass is 16.7. The van der Waals surface area contributed by atoms with Gasteiger partial charge in [0.1, 0.15) is 11.6 Å². The molecule has 3 aromatic rings. The fraction of sp³-hybridized carbons (Fsp3) is 0.368. The molecule has 3 rings (SSSR count). The van der Waals surface area contributed by atoms with Crippen LogP contribution in [0.1, 0.15) is 31.2 Å². The fourth-order valence-electron chi connectivity index (χ4n) is 2.72. The molecule has 0 saturated carbocycles. The number of pyridine rings is 1. The summed E-state index contributed by atoms with van der Waals surface area (Å²) in [4.78, 5) is 9.05. The maximum absolute atomic E-state index is 5.44. The van der Waals surface area contributed by atoms with E-state index in [0.29, 0.717) is 0 Å². The van der Waals surface area contributed by atoms with Crippen molar-refractivity contribution in [3.63, 3.8) is 0 Å². The highest BCUT2D eigenvalue weighted by Gasteiger charge is 2.11. The van der Waals surface area contributed by atoms with Crippen molar-refractivity contribution in [2.24, 2.45) is 0 Å². The average Bonchev–Trinajstić information content (AvgIpc) is 2.97. The third-order valence-electron chi connectivity index (χ3n) is 3.99. The Labute approximate surface area is 142 Å². The van der Waals surface area contributed by atoms with Crippen LogP contribution >= 0.6 is 0 Å². The largest absolute Gasteiger partial charge is 0.468 e. The van der Waals surface area contributed by atoms with Gasteiger partial charge >= 0.3 is 0 Å². The van der Waals surface area contributed by atoms with E-state index in [1.807, 2.05) is 24.4 Å². The van der Waals surface area contributed by atoms with Gasteiger partial charge in [-0.05, 0) is 30.2 Å². The molecule has 0 aliphatic heterocycles. The standard InChI is InChI=1S/C19H23N3O2/c1-3-4-5-19-21-17-10-11-20-12-18(17)22(19)13-15-6-8-16(9-7-15)24-14-23-2/h6-12H,3-5,13-14H2,1-2H3. The van der Waals surface area contributed by atoms with Gasteiger partial charge in [0.2, 0.25) is 0 Å². The van der Waals surface area contributed by atoms with Crippen molar-refractivity contribution in [1.82, 2.24) is 14.5 Å². The summed E-state index contributed by atoms with van der Waals surface area (Å²) in [6, 6.07) is 10.1. The molecular weight excluding hydrogens is 302 g/mol. The minimum absolute atomic E-state index is 0.262. The van der Waals surface area contributed by atoms with Crippen LogP contribution in [0.3, 0.4) is 0 Å². The lowest BCUT2D eigenvalue weighted by Gasteiger charge is -2.10. The van der Waals surface area contributed by atoms with Crippen LogP contribution in [0.25, 0.3) is 11.0 Å². The molecule has 0 saturated heterocycles. The first-order chi connectivity index (χ1) is 11.8. The molecular formula is C19H23N3O2. The van der Waals surface area contributed by atoms with Gasteiger partial charge in [0, 0.05) is 26.3 Å². The number of ether oxygens (including phenoxy) is 2. The zero-order valence-electron chi connectivity index (χ0n) is 14.2. The summed E-state index contributed by atoms with van der Waals surface area (Å²) in [6.45, 7) is 3.25. The van der Waals surface area contributed by atoms with Crippen LogP contribution in [-0.2, 0) is 17.7 Å². The zero-order chi connectivity index (χ0) is 16.8. The minimum Gasteiger partial charge on any atom is -0.468 e. The number of aromatic nitrogens is 3. The average molecular weight is 325 g/mol. The highest BCUT2D eigenvalue weighted by Crippen LogP contribution is 2.20. The van der Waals surface area contributed by atoms with Crippen LogP contribution in [-0.4, -0.2) is 28.4 Å². The summed E-state index contributed by atoms with van der Waals surface area (Å²) in [6.07, 6.45) is 6.98. The van der Waals surface area contributed by atoms with Crippen molar-refractivity contribution in [1.29, 1.82) is 0 Å². The molecule has 0 aliphatic carbocycles. The third-order valence-corrected chi connectivity index (χ3v) is 3.99. The SMILES string of the molecule is CCCCc1nc2ccncc2n1Cc1ccc(OCOC)cc1. The highest BCUT2D eigenvalue weighted by molar-refractivity contribution is 5.74. The van der Waals surface area contributed by atoms with Crippen molar-refractivity contribution in [2.45, 2.75) is 32.7 Å². The molecule has 2 aromatic heterocycles. The summed E-state index contributed by atoms with van der Waals surface area (Å²) < 4.78 is 12.6. The normalized spacial score (nSPS) is 11.1. The molecule has 0 amide bonds. The van der Waals surface area contributed by atoms with Crippen LogP contribution in [0.4, 0.5) is 0 Å². The lowest BCUT2D eigenvalue weighted by Crippen LogP contribution is -2.06. The maximum atomic E-state index is 5.44. The van der Waals surface area contributed by atoms with Gasteiger partial charge in [0.05, 0.1) is 17.2 Å². The van der Waals surface area contributed by atoms with Crippen molar-refractivity contribution in [3.8, 4) is 5.75 Å². The summed E-state index contributed by atoms with van der Waals surface area (Å²) in [5.41, 5.74) is 3.31. The number of nitrogens with zero attached hydrogens (tertiary/aromatic N) is 3. The van der Waals surface area contributed by atoms with E-state index in [2.05, 4.69) is 28.6 Å². The van der Waals surface area contributed by atoms with E-state index < -0.39 is 0 Å². The van der Waals surface area contributed by atoms with E-state index >= 15 is 0 Å². The predicted molar refractivity (Wildman–Crippen MR) is 94.2 cm³/mol. The topological polar surface area (TPSA) is 49.2 Å². The number of rotatable bonds is 8. The Kier molecular flexibility index (Phi) is 5.43. The van der Waals surface area contributed by atoms with Gasteiger partial charge in [0.15, 0.2) is 6.79 Å². The smallest absolute Gasteiger partial charge is 0.188 e. The van der Waals surface area contributed by atoms with Crippen LogP contribution < -0.4 is 4.74 Å². The maximum Gasteiger partial charge on any atom is 0.188 e. The molecule has 0 radical (unpaired) electrons. The molecule has 2 heterocycles. The van der Waals surface area contributed by atoms with E-state index in [1.54, 1.807) is 13.3 Å². The van der Waals surface area contributed by atoms with Crippen molar-refractivity contribution in [3.05, 3.63) is 54.1 Å². The molecule has 126 valence electrons. The Bertz CT molecular complexity index is 781. The molecule has 0 spiro atoms. The van der Waals surface area contributed by atoms with Gasteiger partial charge < -0.3 is 14.0 Å². The molecule has 0 N–H and O–H groups in total. The third kappa shape index (κ3) is 3.74. The van der Waals surface area contributed by atoms with Crippen molar-refractivity contribution in [2.75, 3.05) is 13.9 Å². The first-order valence-corrected chi connectivity index (χ1v) is 8.31. The van der Waals surface area contributed by atoms with Crippen molar-refractivity contribution < 1.29 is 9.47 Å². The quantitative estimate of drug-likeness (QED) is 0.591. The van der Waals surface area contributed by atoms with E-state index in [4.69, 9.17) is 14.5 Å². The summed E-state index contributed by atoms with van der Waals surface area (Å²) >= 11 is 0. The van der Waals surface area contributed by atoms with Crippen LogP contribution in [0.5, 0.6) is 5.75 Å². The number of hydrogen-bond acceptors (Lipinski definition) is 4. The Morgan fingerprint density at radius 2 is 1.96 bits per heavy atom. The second kappa shape index (κ2) is 7.93. The molecule has 0 aliphatic rings. The fourth-order valence-corrected chi connectivity index (χ4v) is 2.72. The Morgan fingerprint density at radius 3 is 2.71 bits per heavy atom. The van der Waals surface area contributed by atoms with Gasteiger partial charge in [-0.1, -0.05) is 25.5 Å². The Balaban J connectivity index is 1.85. The molecule has 0 fully saturated rings. The second-order valence-electron chi connectivity index (χ2n) is 5.78. The predicted octanol–water partition coefficient (Wildman–Crippen LogP) is 3.80. The molecule has 24 heavy (non-hydrogen) atoms. The number of fused-ring (bicyclic) bond motifs is 1. The van der Waals surface area contributed by atoms with Gasteiger partial charge in [0.25, 0.3) is 0 Å². The van der Waals surface area contributed by atoms with E-state index in [1.165, 1.54) is 5.56 Å². The Morgan fingerprint density at radius 1 is 1.12 bits per heavy atom. The molecule has 0 bridgehead atoms. The van der Waals surface area contributed by atoms with Crippen molar-refractivity contribution >= 4 is 11.0 Å². The number of benzene rings is 1. The van der Waals surface area contributed by atoms with E-state index in [-0.39, 0.29) is 6.79 Å². The molecule has 1 aromatic carbocycles. The monoisotopic (exact) mass is 325 g/mol. The molecule has 0 unspecified atom stereocenters. The number of imidazole rings is 1. The Hall–Kier alpha value is -2.40. The first kappa shape index (κ1) is 16.5. The second-order valence-corrected chi connectivity index (χ2v) is 5.78. The van der Waals surface area contributed by atoms with Crippen LogP contribution in [0, 0.1) is 0 Å². The first-order valence-electron chi connectivity index (χ1n) is 8.31. The molecule has 5 nitrogen and oxygen atoms in total. The van der Waals surface area contributed by atoms with E-state index in [9.17, 15) is 0 Å². The van der Waals surface area contributed by atoms with Gasteiger partial charge in [-0.25, -0.2) is 4.98 Å². The van der Waals surface area contributed by atoms with Gasteiger partial charge in [-0.3, -0.25) is 4.98 Å². The molecule has 0 atom stereocenters. The summed E-state index contributed by atoms with van der Waals surface area (Å²) in [5.74, 6) is 1.93. The van der Waals surface area contributed by atoms with E-state index in [0.717, 1.165) is 48.4 Å². The number of hydrogen-bond donors (Lipinski definition) is 0. The zero-order valence-corrected chi connectivity index (χ0v) is 14.2. The number of aryl methyl sites for hydroxylation is 1. The lowest BCUT2D eigenvalue weighted by atomic mass is 10.2. The summed E-state index contributed by atoms with van der Waals surface area (Å²) in [5, 5.41) is 0. The number of methoxy groups -OCH3 is 1. The van der Waals surface area contributed by atoms with Gasteiger partial charge in [-0.15, -0.1) is 0 Å². The minimum atomic E-state index is 0.262. The van der Waals surface area contributed by atoms with Crippen LogP contribution in [0.2, 0.25) is 0 Å². The molecule has 5 heteroatoms. The summed E-state index contributed by atoms with van der Waals surface area (Å²) in [7, 11) is 1.62.